The first-order valence-electron chi connectivity index (χ1n) is 9.12. The zero-order chi connectivity index (χ0) is 20.1. The molecule has 1 heterocycles. The molecule has 1 aromatic heterocycles. The fourth-order valence-electron chi connectivity index (χ4n) is 2.69. The summed E-state index contributed by atoms with van der Waals surface area (Å²) >= 11 is 1.38. The van der Waals surface area contributed by atoms with Gasteiger partial charge in [-0.1, -0.05) is 30.8 Å². The van der Waals surface area contributed by atoms with Gasteiger partial charge < -0.3 is 14.6 Å². The Hall–Kier alpha value is -2.80. The molecule has 7 heteroatoms. The Kier molecular flexibility index (Phi) is 6.36. The van der Waals surface area contributed by atoms with Crippen LogP contribution < -0.4 is 10.1 Å². The molecule has 3 rings (SSSR count). The zero-order valence-electron chi connectivity index (χ0n) is 16.5. The first-order valence-corrected chi connectivity index (χ1v) is 10.00. The Morgan fingerprint density at radius 3 is 2.43 bits per heavy atom. The second kappa shape index (κ2) is 8.93. The summed E-state index contributed by atoms with van der Waals surface area (Å²) in [7, 11) is 3.53. The molecule has 2 aromatic carbocycles. The van der Waals surface area contributed by atoms with Gasteiger partial charge in [0, 0.05) is 18.3 Å². The average Bonchev–Trinajstić information content (AvgIpc) is 3.08. The molecule has 0 aliphatic heterocycles. The van der Waals surface area contributed by atoms with E-state index in [0.29, 0.717) is 5.16 Å². The summed E-state index contributed by atoms with van der Waals surface area (Å²) in [6.45, 7) is 3.97. The van der Waals surface area contributed by atoms with Gasteiger partial charge in [-0.05, 0) is 55.3 Å². The molecule has 1 amide bonds. The fourth-order valence-corrected chi connectivity index (χ4v) is 3.50. The molecule has 0 bridgehead atoms. The molecule has 0 saturated carbocycles. The van der Waals surface area contributed by atoms with E-state index in [9.17, 15) is 4.79 Å². The average molecular weight is 397 g/mol. The summed E-state index contributed by atoms with van der Waals surface area (Å²) in [4.78, 5) is 12.5. The van der Waals surface area contributed by atoms with Crippen LogP contribution >= 0.6 is 11.8 Å². The molecule has 0 aliphatic rings. The number of carbonyl (C=O) groups is 1. The van der Waals surface area contributed by atoms with Crippen LogP contribution in [0.15, 0.2) is 53.7 Å². The van der Waals surface area contributed by atoms with Gasteiger partial charge in [0.1, 0.15) is 5.75 Å². The van der Waals surface area contributed by atoms with Crippen molar-refractivity contribution in [1.82, 2.24) is 14.8 Å². The van der Waals surface area contributed by atoms with E-state index in [1.165, 1.54) is 17.3 Å². The lowest BCUT2D eigenvalue weighted by molar-refractivity contribution is -0.115. The third-order valence-electron chi connectivity index (χ3n) is 4.46. The lowest BCUT2D eigenvalue weighted by Gasteiger charge is -2.12. The minimum absolute atomic E-state index is 0.0664. The van der Waals surface area contributed by atoms with Gasteiger partial charge in [0.15, 0.2) is 11.0 Å². The highest BCUT2D eigenvalue weighted by Gasteiger charge is 2.19. The highest BCUT2D eigenvalue weighted by molar-refractivity contribution is 8.00. The Balaban J connectivity index is 1.67. The number of rotatable bonds is 7. The van der Waals surface area contributed by atoms with Crippen molar-refractivity contribution in [3.63, 3.8) is 0 Å². The Bertz CT molecular complexity index is 936. The largest absolute Gasteiger partial charge is 0.497 e. The molecule has 146 valence electrons. The van der Waals surface area contributed by atoms with Gasteiger partial charge in [-0.15, -0.1) is 10.2 Å². The summed E-state index contributed by atoms with van der Waals surface area (Å²) < 4.78 is 7.08. The maximum absolute atomic E-state index is 12.5. The Labute approximate surface area is 169 Å². The van der Waals surface area contributed by atoms with Gasteiger partial charge in [0.25, 0.3) is 0 Å². The van der Waals surface area contributed by atoms with E-state index in [1.807, 2.05) is 67.1 Å². The van der Waals surface area contributed by atoms with Crippen molar-refractivity contribution in [3.8, 4) is 17.1 Å². The number of benzene rings is 2. The number of amides is 1. The molecule has 0 spiro atoms. The molecule has 1 atom stereocenters. The van der Waals surface area contributed by atoms with E-state index in [1.54, 1.807) is 7.11 Å². The highest BCUT2D eigenvalue weighted by atomic mass is 32.2. The van der Waals surface area contributed by atoms with E-state index >= 15 is 0 Å². The summed E-state index contributed by atoms with van der Waals surface area (Å²) in [6, 6.07) is 15.6. The maximum Gasteiger partial charge on any atom is 0.237 e. The minimum atomic E-state index is -0.308. The predicted octanol–water partition coefficient (Wildman–Crippen LogP) is 4.17. The van der Waals surface area contributed by atoms with E-state index in [0.717, 1.165) is 29.2 Å². The maximum atomic E-state index is 12.5. The van der Waals surface area contributed by atoms with Gasteiger partial charge in [-0.25, -0.2) is 0 Å². The minimum Gasteiger partial charge on any atom is -0.497 e. The summed E-state index contributed by atoms with van der Waals surface area (Å²) in [5.41, 5.74) is 2.98. The lowest BCUT2D eigenvalue weighted by Crippen LogP contribution is -2.22. The summed E-state index contributed by atoms with van der Waals surface area (Å²) in [6.07, 6.45) is 0.975. The van der Waals surface area contributed by atoms with Crippen molar-refractivity contribution in [3.05, 3.63) is 54.1 Å². The van der Waals surface area contributed by atoms with Gasteiger partial charge in [-0.2, -0.15) is 0 Å². The normalized spacial score (nSPS) is 11.9. The Morgan fingerprint density at radius 1 is 1.14 bits per heavy atom. The first kappa shape index (κ1) is 19.9. The second-order valence-corrected chi connectivity index (χ2v) is 7.70. The number of thioether (sulfide) groups is 1. The lowest BCUT2D eigenvalue weighted by atomic mass is 10.1. The number of hydrogen-bond donors (Lipinski definition) is 1. The van der Waals surface area contributed by atoms with E-state index in [4.69, 9.17) is 4.74 Å². The van der Waals surface area contributed by atoms with Gasteiger partial charge in [0.05, 0.1) is 12.4 Å². The van der Waals surface area contributed by atoms with Crippen LogP contribution in [0, 0.1) is 0 Å². The molecule has 0 radical (unpaired) electrons. The molecule has 3 aromatic rings. The van der Waals surface area contributed by atoms with Gasteiger partial charge in [0.2, 0.25) is 5.91 Å². The Morgan fingerprint density at radius 2 is 1.82 bits per heavy atom. The van der Waals surface area contributed by atoms with Gasteiger partial charge in [-0.3, -0.25) is 4.79 Å². The highest BCUT2D eigenvalue weighted by Crippen LogP contribution is 2.27. The third kappa shape index (κ3) is 4.54. The third-order valence-corrected chi connectivity index (χ3v) is 5.60. The van der Waals surface area contributed by atoms with Crippen molar-refractivity contribution in [2.75, 3.05) is 12.4 Å². The second-order valence-electron chi connectivity index (χ2n) is 6.39. The number of nitrogens with zero attached hydrogens (tertiary/aromatic N) is 3. The number of carbonyl (C=O) groups excluding carboxylic acids is 1. The first-order chi connectivity index (χ1) is 13.5. The topological polar surface area (TPSA) is 69.0 Å². The molecule has 1 N–H and O–H groups in total. The molecule has 0 unspecified atom stereocenters. The van der Waals surface area contributed by atoms with E-state index in [-0.39, 0.29) is 11.2 Å². The fraction of sp³-hybridized carbons (Fsp3) is 0.286. The molecule has 28 heavy (non-hydrogen) atoms. The molecule has 0 aliphatic carbocycles. The van der Waals surface area contributed by atoms with Crippen LogP contribution in [0.25, 0.3) is 11.4 Å². The van der Waals surface area contributed by atoms with E-state index in [2.05, 4.69) is 22.4 Å². The number of methoxy groups -OCH3 is 1. The number of hydrogen-bond acceptors (Lipinski definition) is 5. The van der Waals surface area contributed by atoms with E-state index < -0.39 is 0 Å². The number of aryl methyl sites for hydroxylation is 1. The van der Waals surface area contributed by atoms with Crippen molar-refractivity contribution < 1.29 is 9.53 Å². The monoisotopic (exact) mass is 396 g/mol. The van der Waals surface area contributed by atoms with Crippen molar-refractivity contribution in [2.24, 2.45) is 7.05 Å². The van der Waals surface area contributed by atoms with Crippen LogP contribution in [-0.4, -0.2) is 33.0 Å². The summed E-state index contributed by atoms with van der Waals surface area (Å²) in [5.74, 6) is 1.47. The van der Waals surface area contributed by atoms with Crippen molar-refractivity contribution >= 4 is 23.4 Å². The van der Waals surface area contributed by atoms with Crippen LogP contribution in [0.2, 0.25) is 0 Å². The van der Waals surface area contributed by atoms with Crippen LogP contribution in [0.1, 0.15) is 19.4 Å². The van der Waals surface area contributed by atoms with Crippen LogP contribution in [0.3, 0.4) is 0 Å². The number of anilines is 1. The predicted molar refractivity (Wildman–Crippen MR) is 113 cm³/mol. The number of ether oxygens (including phenoxy) is 1. The SMILES string of the molecule is CCc1ccc(NC(=O)[C@H](C)Sc2nnc(-c3ccc(OC)cc3)n2C)cc1. The van der Waals surface area contributed by atoms with Crippen LogP contribution in [0.4, 0.5) is 5.69 Å². The molecule has 0 saturated heterocycles. The van der Waals surface area contributed by atoms with Crippen LogP contribution in [-0.2, 0) is 18.3 Å². The number of aromatic nitrogens is 3. The quantitative estimate of drug-likeness (QED) is 0.607. The van der Waals surface area contributed by atoms with Gasteiger partial charge >= 0.3 is 0 Å². The number of nitrogens with one attached hydrogen (secondary N) is 1. The summed E-state index contributed by atoms with van der Waals surface area (Å²) in [5, 5.41) is 11.9. The molecular weight excluding hydrogens is 372 g/mol. The molecule has 0 fully saturated rings. The van der Waals surface area contributed by atoms with Crippen molar-refractivity contribution in [2.45, 2.75) is 30.7 Å². The van der Waals surface area contributed by atoms with Crippen LogP contribution in [0.5, 0.6) is 5.75 Å². The smallest absolute Gasteiger partial charge is 0.237 e. The zero-order valence-corrected chi connectivity index (χ0v) is 17.3. The molecule has 6 nitrogen and oxygen atoms in total. The standard InChI is InChI=1S/C21H24N4O2S/c1-5-15-6-10-17(11-7-15)22-20(26)14(2)28-21-24-23-19(25(21)3)16-8-12-18(27-4)13-9-16/h6-14H,5H2,1-4H3,(H,22,26)/t14-/m0/s1. The van der Waals surface area contributed by atoms with Crippen molar-refractivity contribution in [1.29, 1.82) is 0 Å². The molecular formula is C21H24N4O2S.